The Hall–Kier alpha value is -1.88. The predicted molar refractivity (Wildman–Crippen MR) is 100 cm³/mol. The second-order valence-corrected chi connectivity index (χ2v) is 7.93. The van der Waals surface area contributed by atoms with Gasteiger partial charge in [-0.15, -0.1) is 0 Å². The molecule has 1 heterocycles. The van der Waals surface area contributed by atoms with Gasteiger partial charge in [0.15, 0.2) is 0 Å². The van der Waals surface area contributed by atoms with Gasteiger partial charge in [0.05, 0.1) is 6.54 Å². The van der Waals surface area contributed by atoms with Crippen LogP contribution < -0.4 is 5.32 Å². The number of carbonyl (C=O) groups is 2. The van der Waals surface area contributed by atoms with Crippen molar-refractivity contribution in [2.24, 2.45) is 5.41 Å². The van der Waals surface area contributed by atoms with E-state index in [1.807, 2.05) is 25.7 Å². The van der Waals surface area contributed by atoms with Crippen molar-refractivity contribution in [3.8, 4) is 0 Å². The van der Waals surface area contributed by atoms with Crippen LogP contribution in [0.2, 0.25) is 0 Å². The molecule has 0 radical (unpaired) electrons. The molecule has 0 atom stereocenters. The fourth-order valence-corrected chi connectivity index (χ4v) is 2.86. The highest BCUT2D eigenvalue weighted by atomic mass is 16.2. The maximum Gasteiger partial charge on any atom is 0.242 e. The molecular weight excluding hydrogens is 314 g/mol. The van der Waals surface area contributed by atoms with Crippen molar-refractivity contribution in [2.75, 3.05) is 32.7 Å². The molecule has 0 saturated carbocycles. The quantitative estimate of drug-likeness (QED) is 0.910. The molecule has 1 fully saturated rings. The number of hydrogen-bond donors (Lipinski definition) is 1. The van der Waals surface area contributed by atoms with Crippen molar-refractivity contribution in [3.05, 3.63) is 35.4 Å². The van der Waals surface area contributed by atoms with Crippen molar-refractivity contribution in [2.45, 2.75) is 40.7 Å². The molecule has 0 aliphatic carbocycles. The molecule has 1 aliphatic heterocycles. The lowest BCUT2D eigenvalue weighted by molar-refractivity contribution is -0.135. The van der Waals surface area contributed by atoms with E-state index in [1.165, 1.54) is 11.1 Å². The highest BCUT2D eigenvalue weighted by molar-refractivity contribution is 5.87. The fraction of sp³-hybridized carbons (Fsp3) is 0.600. The molecule has 1 saturated heterocycles. The number of nitrogens with one attached hydrogen (secondary N) is 1. The van der Waals surface area contributed by atoms with Crippen molar-refractivity contribution in [1.29, 1.82) is 0 Å². The van der Waals surface area contributed by atoms with E-state index < -0.39 is 5.41 Å². The zero-order valence-electron chi connectivity index (χ0n) is 16.0. The van der Waals surface area contributed by atoms with Gasteiger partial charge in [-0.1, -0.05) is 50.6 Å². The van der Waals surface area contributed by atoms with Gasteiger partial charge in [-0.05, 0) is 18.9 Å². The normalized spacial score (nSPS) is 16.4. The smallest absolute Gasteiger partial charge is 0.242 e. The molecule has 5 nitrogen and oxygen atoms in total. The summed E-state index contributed by atoms with van der Waals surface area (Å²) >= 11 is 0. The second-order valence-electron chi connectivity index (χ2n) is 7.93. The predicted octanol–water partition coefficient (Wildman–Crippen LogP) is 2.19. The van der Waals surface area contributed by atoms with Crippen LogP contribution in [0, 0.1) is 12.3 Å². The molecule has 0 aromatic heterocycles. The highest BCUT2D eigenvalue weighted by Gasteiger charge is 2.23. The number of nitrogens with zero attached hydrogens (tertiary/aromatic N) is 2. The Bertz CT molecular complexity index is 590. The Balaban J connectivity index is 1.81. The van der Waals surface area contributed by atoms with Crippen LogP contribution in [0.25, 0.3) is 0 Å². The molecule has 1 aliphatic rings. The molecule has 0 unspecified atom stereocenters. The molecule has 138 valence electrons. The Labute approximate surface area is 151 Å². The van der Waals surface area contributed by atoms with Crippen molar-refractivity contribution >= 4 is 11.8 Å². The molecule has 1 aromatic rings. The number of carbonyl (C=O) groups excluding carboxylic acids is 2. The van der Waals surface area contributed by atoms with Crippen LogP contribution in [0.5, 0.6) is 0 Å². The molecule has 2 amide bonds. The number of aryl methyl sites for hydroxylation is 1. The summed E-state index contributed by atoms with van der Waals surface area (Å²) in [4.78, 5) is 28.6. The molecule has 0 bridgehead atoms. The molecule has 1 aromatic carbocycles. The van der Waals surface area contributed by atoms with E-state index in [0.717, 1.165) is 39.1 Å². The van der Waals surface area contributed by atoms with Gasteiger partial charge in [0.1, 0.15) is 0 Å². The van der Waals surface area contributed by atoms with Gasteiger partial charge in [-0.2, -0.15) is 0 Å². The van der Waals surface area contributed by atoms with Gasteiger partial charge in [0, 0.05) is 38.1 Å². The van der Waals surface area contributed by atoms with Gasteiger partial charge >= 0.3 is 0 Å². The van der Waals surface area contributed by atoms with Gasteiger partial charge in [-0.25, -0.2) is 0 Å². The van der Waals surface area contributed by atoms with E-state index in [2.05, 4.69) is 41.4 Å². The van der Waals surface area contributed by atoms with Gasteiger partial charge in [-0.3, -0.25) is 14.5 Å². The Morgan fingerprint density at radius 1 is 1.04 bits per heavy atom. The molecular formula is C20H31N3O2. The van der Waals surface area contributed by atoms with Crippen LogP contribution in [-0.4, -0.2) is 54.3 Å². The monoisotopic (exact) mass is 345 g/mol. The average molecular weight is 345 g/mol. The first-order valence-electron chi connectivity index (χ1n) is 9.10. The third kappa shape index (κ3) is 6.16. The van der Waals surface area contributed by atoms with E-state index in [-0.39, 0.29) is 18.4 Å². The maximum atomic E-state index is 12.4. The SMILES string of the molecule is Cc1ccc(CN2CCCN(C(=O)CNC(=O)C(C)(C)C)CC2)cc1. The third-order valence-corrected chi connectivity index (χ3v) is 4.55. The molecule has 0 spiro atoms. The topological polar surface area (TPSA) is 52.6 Å². The van der Waals surface area contributed by atoms with Crippen molar-refractivity contribution in [3.63, 3.8) is 0 Å². The maximum absolute atomic E-state index is 12.4. The Kier molecular flexibility index (Phi) is 6.59. The summed E-state index contributed by atoms with van der Waals surface area (Å²) in [5.41, 5.74) is 2.11. The Morgan fingerprint density at radius 2 is 1.72 bits per heavy atom. The lowest BCUT2D eigenvalue weighted by atomic mass is 9.96. The Morgan fingerprint density at radius 3 is 2.36 bits per heavy atom. The average Bonchev–Trinajstić information content (AvgIpc) is 2.79. The number of amides is 2. The molecule has 2 rings (SSSR count). The lowest BCUT2D eigenvalue weighted by Crippen LogP contribution is -2.44. The first kappa shape index (κ1) is 19.4. The van der Waals surface area contributed by atoms with Crippen molar-refractivity contribution in [1.82, 2.24) is 15.1 Å². The summed E-state index contributed by atoms with van der Waals surface area (Å²) in [6.07, 6.45) is 0.963. The van der Waals surface area contributed by atoms with E-state index in [1.54, 1.807) is 0 Å². The summed E-state index contributed by atoms with van der Waals surface area (Å²) < 4.78 is 0. The standard InChI is InChI=1S/C20H31N3O2/c1-16-6-8-17(9-7-16)15-22-10-5-11-23(13-12-22)18(24)14-21-19(25)20(2,3)4/h6-9H,5,10-15H2,1-4H3,(H,21,25). The van der Waals surface area contributed by atoms with E-state index in [4.69, 9.17) is 0 Å². The number of benzene rings is 1. The lowest BCUT2D eigenvalue weighted by Gasteiger charge is -2.23. The zero-order valence-corrected chi connectivity index (χ0v) is 16.0. The summed E-state index contributed by atoms with van der Waals surface area (Å²) in [6, 6.07) is 8.62. The molecule has 1 N–H and O–H groups in total. The minimum Gasteiger partial charge on any atom is -0.347 e. The van der Waals surface area contributed by atoms with Crippen LogP contribution in [0.4, 0.5) is 0 Å². The number of rotatable bonds is 4. The molecule has 5 heteroatoms. The summed E-state index contributed by atoms with van der Waals surface area (Å²) in [6.45, 7) is 12.0. The zero-order chi connectivity index (χ0) is 18.4. The van der Waals surface area contributed by atoms with Crippen molar-refractivity contribution < 1.29 is 9.59 Å². The van der Waals surface area contributed by atoms with Crippen LogP contribution >= 0.6 is 0 Å². The fourth-order valence-electron chi connectivity index (χ4n) is 2.86. The second kappa shape index (κ2) is 8.48. The van der Waals surface area contributed by atoms with Gasteiger partial charge in [0.2, 0.25) is 11.8 Å². The van der Waals surface area contributed by atoms with Gasteiger partial charge in [0.25, 0.3) is 0 Å². The summed E-state index contributed by atoms with van der Waals surface area (Å²) in [7, 11) is 0. The minimum absolute atomic E-state index is 0.00906. The third-order valence-electron chi connectivity index (χ3n) is 4.55. The van der Waals surface area contributed by atoms with E-state index in [0.29, 0.717) is 0 Å². The number of hydrogen-bond acceptors (Lipinski definition) is 3. The summed E-state index contributed by atoms with van der Waals surface area (Å²) in [5, 5.41) is 2.75. The summed E-state index contributed by atoms with van der Waals surface area (Å²) in [5.74, 6) is -0.0774. The minimum atomic E-state index is -0.468. The van der Waals surface area contributed by atoms with Crippen LogP contribution in [-0.2, 0) is 16.1 Å². The van der Waals surface area contributed by atoms with E-state index >= 15 is 0 Å². The van der Waals surface area contributed by atoms with Gasteiger partial charge < -0.3 is 10.2 Å². The van der Waals surface area contributed by atoms with Crippen LogP contribution in [0.15, 0.2) is 24.3 Å². The van der Waals surface area contributed by atoms with Crippen LogP contribution in [0.3, 0.4) is 0 Å². The first-order chi connectivity index (χ1) is 11.8. The largest absolute Gasteiger partial charge is 0.347 e. The van der Waals surface area contributed by atoms with Crippen LogP contribution in [0.1, 0.15) is 38.3 Å². The first-order valence-corrected chi connectivity index (χ1v) is 9.10. The molecule has 25 heavy (non-hydrogen) atoms. The highest BCUT2D eigenvalue weighted by Crippen LogP contribution is 2.13. The van der Waals surface area contributed by atoms with E-state index in [9.17, 15) is 9.59 Å².